The van der Waals surface area contributed by atoms with E-state index in [-0.39, 0.29) is 61.1 Å². The summed E-state index contributed by atoms with van der Waals surface area (Å²) in [6.45, 7) is 6.36. The minimum Gasteiger partial charge on any atom is -0.487 e. The molecule has 3 saturated heterocycles. The molecule has 1 aliphatic carbocycles. The molecule has 0 aromatic heterocycles. The molecule has 0 spiro atoms. The summed E-state index contributed by atoms with van der Waals surface area (Å²) in [5.74, 6) is 0.892. The van der Waals surface area contributed by atoms with Crippen LogP contribution in [-0.4, -0.2) is 75.7 Å². The molecular weight excluding hydrogens is 660 g/mol. The van der Waals surface area contributed by atoms with Crippen LogP contribution in [0.2, 0.25) is 0 Å². The van der Waals surface area contributed by atoms with Gasteiger partial charge in [0.25, 0.3) is 0 Å². The van der Waals surface area contributed by atoms with E-state index in [1.807, 2.05) is 30.3 Å². The van der Waals surface area contributed by atoms with Crippen molar-refractivity contribution in [3.63, 3.8) is 0 Å². The highest BCUT2D eigenvalue weighted by Crippen LogP contribution is 2.42. The molecular formula is C43H66O9. The molecule has 3 heterocycles. The van der Waals surface area contributed by atoms with Crippen molar-refractivity contribution in [3.8, 4) is 5.75 Å². The molecule has 4 aliphatic rings. The second-order valence-electron chi connectivity index (χ2n) is 14.9. The number of benzene rings is 1. The lowest BCUT2D eigenvalue weighted by atomic mass is 9.89. The highest BCUT2D eigenvalue weighted by Gasteiger charge is 2.45. The van der Waals surface area contributed by atoms with E-state index in [0.717, 1.165) is 135 Å². The van der Waals surface area contributed by atoms with Crippen LogP contribution in [0.25, 0.3) is 0 Å². The Morgan fingerprint density at radius 1 is 0.827 bits per heavy atom. The van der Waals surface area contributed by atoms with Crippen LogP contribution in [0.1, 0.15) is 123 Å². The number of unbranched alkanes of at least 4 members (excludes halogenated alkanes) is 3. The molecule has 9 atom stereocenters. The second kappa shape index (κ2) is 23.5. The lowest BCUT2D eigenvalue weighted by molar-refractivity contribution is -0.203. The summed E-state index contributed by atoms with van der Waals surface area (Å²) in [5, 5.41) is 0. The van der Waals surface area contributed by atoms with Gasteiger partial charge in [0, 0.05) is 39.1 Å². The summed E-state index contributed by atoms with van der Waals surface area (Å²) in [4.78, 5) is 11.1. The molecule has 9 heteroatoms. The van der Waals surface area contributed by atoms with Gasteiger partial charge in [-0.25, -0.2) is 0 Å². The topological polar surface area (TPSA) is 90.9 Å². The van der Waals surface area contributed by atoms with E-state index >= 15 is 0 Å². The van der Waals surface area contributed by atoms with Crippen LogP contribution in [-0.2, 0) is 38.0 Å². The van der Waals surface area contributed by atoms with Gasteiger partial charge in [-0.1, -0.05) is 55.8 Å². The third-order valence-electron chi connectivity index (χ3n) is 10.6. The first kappa shape index (κ1) is 40.9. The summed E-state index contributed by atoms with van der Waals surface area (Å²) in [6.07, 6.45) is 24.7. The molecule has 3 aliphatic heterocycles. The molecule has 1 aromatic carbocycles. The molecule has 0 N–H and O–H groups in total. The van der Waals surface area contributed by atoms with Crippen LogP contribution in [0.5, 0.6) is 5.75 Å². The maximum Gasteiger partial charge on any atom is 0.302 e. The van der Waals surface area contributed by atoms with Crippen molar-refractivity contribution in [1.82, 2.24) is 0 Å². The van der Waals surface area contributed by atoms with Gasteiger partial charge in [0.1, 0.15) is 18.0 Å². The Bertz CT molecular complexity index is 1160. The zero-order valence-electron chi connectivity index (χ0n) is 31.9. The van der Waals surface area contributed by atoms with Gasteiger partial charge in [-0.15, -0.1) is 0 Å². The number of carbonyl (C=O) groups is 1. The number of rotatable bonds is 21. The third-order valence-corrected chi connectivity index (χ3v) is 10.6. The maximum atomic E-state index is 11.1. The Morgan fingerprint density at radius 2 is 1.50 bits per heavy atom. The Kier molecular flexibility index (Phi) is 18.5. The van der Waals surface area contributed by atoms with Gasteiger partial charge in [-0.3, -0.25) is 4.79 Å². The third kappa shape index (κ3) is 14.2. The van der Waals surface area contributed by atoms with Crippen molar-refractivity contribution in [2.24, 2.45) is 11.8 Å². The average Bonchev–Trinajstić information content (AvgIpc) is 3.48. The van der Waals surface area contributed by atoms with Gasteiger partial charge in [0.05, 0.1) is 18.8 Å². The highest BCUT2D eigenvalue weighted by molar-refractivity contribution is 5.65. The summed E-state index contributed by atoms with van der Waals surface area (Å²) in [5.41, 5.74) is 0. The Morgan fingerprint density at radius 3 is 2.13 bits per heavy atom. The van der Waals surface area contributed by atoms with Crippen molar-refractivity contribution >= 4 is 5.97 Å². The molecule has 0 bridgehead atoms. The van der Waals surface area contributed by atoms with E-state index in [2.05, 4.69) is 31.2 Å². The fourth-order valence-corrected chi connectivity index (χ4v) is 7.80. The Balaban J connectivity index is 1.39. The van der Waals surface area contributed by atoms with Crippen molar-refractivity contribution in [2.45, 2.75) is 166 Å². The van der Waals surface area contributed by atoms with Crippen molar-refractivity contribution in [3.05, 3.63) is 54.6 Å². The van der Waals surface area contributed by atoms with Crippen LogP contribution in [0.3, 0.4) is 0 Å². The number of esters is 1. The zero-order valence-corrected chi connectivity index (χ0v) is 31.9. The normalized spacial score (nSPS) is 29.7. The summed E-state index contributed by atoms with van der Waals surface area (Å²) < 4.78 is 50.7. The molecule has 52 heavy (non-hydrogen) atoms. The molecule has 1 aromatic rings. The number of ether oxygens (including phenoxy) is 8. The van der Waals surface area contributed by atoms with Gasteiger partial charge in [-0.05, 0) is 114 Å². The molecule has 0 radical (unpaired) electrons. The quantitative estimate of drug-likeness (QED) is 0.0699. The first-order valence-electron chi connectivity index (χ1n) is 20.6. The number of carbonyl (C=O) groups excluding carboxylic acids is 1. The summed E-state index contributed by atoms with van der Waals surface area (Å²) in [7, 11) is 0. The largest absolute Gasteiger partial charge is 0.487 e. The number of para-hydroxylation sites is 1. The maximum absolute atomic E-state index is 11.1. The van der Waals surface area contributed by atoms with E-state index in [1.54, 1.807) is 0 Å². The van der Waals surface area contributed by atoms with Crippen LogP contribution < -0.4 is 4.74 Å². The molecule has 4 fully saturated rings. The number of hydrogen-bond donors (Lipinski definition) is 0. The predicted molar refractivity (Wildman–Crippen MR) is 201 cm³/mol. The van der Waals surface area contributed by atoms with Gasteiger partial charge in [-0.2, -0.15) is 0 Å². The lowest BCUT2D eigenvalue weighted by Gasteiger charge is -2.32. The van der Waals surface area contributed by atoms with Crippen LogP contribution in [0, 0.1) is 11.8 Å². The predicted octanol–water partition coefficient (Wildman–Crippen LogP) is 9.23. The molecule has 5 rings (SSSR count). The van der Waals surface area contributed by atoms with Crippen LogP contribution >= 0.6 is 0 Å². The fourth-order valence-electron chi connectivity index (χ4n) is 7.80. The fraction of sp³-hybridized carbons (Fsp3) is 0.744. The standard InChI is InChI=1S/C43H66O9/c1-3-4-22-37(49-34-19-9-8-10-20-34)38(50-41-23-12-16-29-46-41)27-26-36-35(21-11-6-5-7-15-28-45-33(2)44)39(51-42-24-13-17-30-47-42)32-40(36)52-43-25-14-18-31-48-43/h6,8-11,19-20,26-27,35-43H,3-5,7,12-18,21-25,28-32H2,1-2H3/t35-,36-,37?,38-,39+,40-,41?,42?,43?/m1/s1. The summed E-state index contributed by atoms with van der Waals surface area (Å²) >= 11 is 0. The highest BCUT2D eigenvalue weighted by atomic mass is 16.7. The van der Waals surface area contributed by atoms with Crippen LogP contribution in [0.4, 0.5) is 0 Å². The van der Waals surface area contributed by atoms with Gasteiger partial charge in [0.2, 0.25) is 0 Å². The van der Waals surface area contributed by atoms with Crippen molar-refractivity contribution in [1.29, 1.82) is 0 Å². The zero-order chi connectivity index (χ0) is 36.2. The van der Waals surface area contributed by atoms with Crippen molar-refractivity contribution < 1.29 is 42.7 Å². The second-order valence-corrected chi connectivity index (χ2v) is 14.9. The Hall–Kier alpha value is -2.27. The van der Waals surface area contributed by atoms with E-state index in [1.165, 1.54) is 6.92 Å². The molecule has 9 nitrogen and oxygen atoms in total. The number of hydrogen-bond acceptors (Lipinski definition) is 9. The van der Waals surface area contributed by atoms with Gasteiger partial charge >= 0.3 is 5.97 Å². The summed E-state index contributed by atoms with van der Waals surface area (Å²) in [6, 6.07) is 10.1. The monoisotopic (exact) mass is 726 g/mol. The van der Waals surface area contributed by atoms with E-state index in [9.17, 15) is 4.79 Å². The average molecular weight is 727 g/mol. The Labute approximate surface area is 313 Å². The molecule has 1 saturated carbocycles. The lowest BCUT2D eigenvalue weighted by Crippen LogP contribution is -2.38. The van der Waals surface area contributed by atoms with E-state index in [4.69, 9.17) is 37.9 Å². The molecule has 4 unspecified atom stereocenters. The van der Waals surface area contributed by atoms with Gasteiger partial charge < -0.3 is 37.9 Å². The van der Waals surface area contributed by atoms with E-state index < -0.39 is 0 Å². The smallest absolute Gasteiger partial charge is 0.302 e. The first-order chi connectivity index (χ1) is 25.6. The minimum absolute atomic E-state index is 0.0162. The van der Waals surface area contributed by atoms with Gasteiger partial charge in [0.15, 0.2) is 18.9 Å². The van der Waals surface area contributed by atoms with E-state index in [0.29, 0.717) is 6.61 Å². The molecule has 0 amide bonds. The SMILES string of the molecule is CCCCC(Oc1ccccc1)[C@@H](C=C[C@@H]1[C@@H](CC=CCCCCOC(C)=O)[C@@H](OC2CCCCO2)C[C@H]1OC1CCCCO1)OC1CCCCO1. The van der Waals surface area contributed by atoms with Crippen molar-refractivity contribution in [2.75, 3.05) is 26.4 Å². The number of allylic oxidation sites excluding steroid dienone is 2. The molecule has 292 valence electrons. The van der Waals surface area contributed by atoms with Crippen LogP contribution in [0.15, 0.2) is 54.6 Å². The first-order valence-corrected chi connectivity index (χ1v) is 20.6. The minimum atomic E-state index is -0.295.